The van der Waals surface area contributed by atoms with Gasteiger partial charge >= 0.3 is 0 Å². The molecule has 1 aromatic heterocycles. The van der Waals surface area contributed by atoms with E-state index in [1.54, 1.807) is 4.68 Å². The summed E-state index contributed by atoms with van der Waals surface area (Å²) in [5.74, 6) is 1.66. The van der Waals surface area contributed by atoms with Crippen LogP contribution >= 0.6 is 23.2 Å². The molecule has 7 nitrogen and oxygen atoms in total. The highest BCUT2D eigenvalue weighted by Crippen LogP contribution is 2.37. The van der Waals surface area contributed by atoms with Crippen molar-refractivity contribution in [2.75, 3.05) is 11.9 Å². The number of anilines is 1. The molecule has 9 heteroatoms. The van der Waals surface area contributed by atoms with E-state index in [9.17, 15) is 0 Å². The van der Waals surface area contributed by atoms with Crippen LogP contribution in [0.4, 0.5) is 5.95 Å². The molecule has 0 spiro atoms. The predicted molar refractivity (Wildman–Crippen MR) is 109 cm³/mol. The molecular formula is C19H21Cl2N5O2. The molecule has 0 unspecified atom stereocenters. The molecule has 0 fully saturated rings. The summed E-state index contributed by atoms with van der Waals surface area (Å²) >= 11 is 12.7. The Kier molecular flexibility index (Phi) is 6.95. The normalized spacial score (nSPS) is 10.7. The van der Waals surface area contributed by atoms with Crippen molar-refractivity contribution in [3.8, 4) is 11.5 Å². The molecule has 0 bridgehead atoms. The van der Waals surface area contributed by atoms with Crippen LogP contribution in [0.5, 0.6) is 11.5 Å². The second kappa shape index (κ2) is 9.61. The number of nitrogens with one attached hydrogen (secondary N) is 1. The highest BCUT2D eigenvalue weighted by atomic mass is 35.5. The van der Waals surface area contributed by atoms with Gasteiger partial charge in [-0.25, -0.2) is 4.68 Å². The summed E-state index contributed by atoms with van der Waals surface area (Å²) in [6.07, 6.45) is 0. The van der Waals surface area contributed by atoms with Gasteiger partial charge in [-0.1, -0.05) is 46.5 Å². The van der Waals surface area contributed by atoms with E-state index in [0.717, 1.165) is 11.1 Å². The van der Waals surface area contributed by atoms with Crippen LogP contribution in [-0.2, 0) is 19.7 Å². The molecule has 0 aliphatic rings. The number of halogens is 2. The summed E-state index contributed by atoms with van der Waals surface area (Å²) in [6.45, 7) is 5.83. The van der Waals surface area contributed by atoms with Crippen molar-refractivity contribution in [2.45, 2.75) is 33.5 Å². The predicted octanol–water partition coefficient (Wildman–Crippen LogP) is 4.59. The molecule has 0 aliphatic carbocycles. The maximum Gasteiger partial charge on any atom is 0.243 e. The molecular weight excluding hydrogens is 401 g/mol. The number of ether oxygens (including phenoxy) is 2. The molecule has 0 saturated heterocycles. The first-order chi connectivity index (χ1) is 13.6. The lowest BCUT2D eigenvalue weighted by atomic mass is 10.2. The molecule has 0 amide bonds. The number of aryl methyl sites for hydroxylation is 1. The number of nitrogens with zero attached hydrogens (tertiary/aromatic N) is 4. The van der Waals surface area contributed by atoms with Crippen molar-refractivity contribution < 1.29 is 9.47 Å². The Morgan fingerprint density at radius 3 is 2.64 bits per heavy atom. The Labute approximate surface area is 173 Å². The Hall–Kier alpha value is -2.51. The van der Waals surface area contributed by atoms with Crippen LogP contribution < -0.4 is 14.8 Å². The van der Waals surface area contributed by atoms with Crippen molar-refractivity contribution in [3.05, 3.63) is 57.6 Å². The molecule has 1 N–H and O–H groups in total. The first-order valence-corrected chi connectivity index (χ1v) is 9.69. The van der Waals surface area contributed by atoms with Gasteiger partial charge in [0.25, 0.3) is 0 Å². The van der Waals surface area contributed by atoms with E-state index >= 15 is 0 Å². The molecule has 2 aromatic carbocycles. The second-order valence-electron chi connectivity index (χ2n) is 5.89. The van der Waals surface area contributed by atoms with Crippen LogP contribution in [-0.4, -0.2) is 26.8 Å². The van der Waals surface area contributed by atoms with Crippen LogP contribution in [0.1, 0.15) is 25.0 Å². The summed E-state index contributed by atoms with van der Waals surface area (Å²) in [4.78, 5) is 0. The average molecular weight is 422 g/mol. The van der Waals surface area contributed by atoms with Crippen molar-refractivity contribution in [1.29, 1.82) is 0 Å². The van der Waals surface area contributed by atoms with Crippen LogP contribution in [0.2, 0.25) is 10.0 Å². The van der Waals surface area contributed by atoms with E-state index in [1.807, 2.05) is 50.2 Å². The topological polar surface area (TPSA) is 74.1 Å². The van der Waals surface area contributed by atoms with Crippen molar-refractivity contribution in [2.24, 2.45) is 0 Å². The van der Waals surface area contributed by atoms with Gasteiger partial charge in [0.1, 0.15) is 6.61 Å². The van der Waals surface area contributed by atoms with Gasteiger partial charge in [0.15, 0.2) is 11.5 Å². The van der Waals surface area contributed by atoms with Crippen molar-refractivity contribution >= 4 is 29.2 Å². The fourth-order valence-electron chi connectivity index (χ4n) is 2.62. The fraction of sp³-hybridized carbons (Fsp3) is 0.316. The van der Waals surface area contributed by atoms with Gasteiger partial charge < -0.3 is 14.8 Å². The van der Waals surface area contributed by atoms with E-state index in [2.05, 4.69) is 20.8 Å². The molecule has 0 radical (unpaired) electrons. The van der Waals surface area contributed by atoms with E-state index in [-0.39, 0.29) is 0 Å². The minimum Gasteiger partial charge on any atom is -0.490 e. The van der Waals surface area contributed by atoms with Gasteiger partial charge in [-0.3, -0.25) is 0 Å². The van der Waals surface area contributed by atoms with Gasteiger partial charge in [-0.05, 0) is 48.0 Å². The highest BCUT2D eigenvalue weighted by Gasteiger charge is 2.14. The van der Waals surface area contributed by atoms with E-state index < -0.39 is 0 Å². The number of benzene rings is 2. The fourth-order valence-corrected chi connectivity index (χ4v) is 3.10. The van der Waals surface area contributed by atoms with Gasteiger partial charge in [-0.2, -0.15) is 0 Å². The molecule has 3 rings (SSSR count). The first-order valence-electron chi connectivity index (χ1n) is 8.93. The van der Waals surface area contributed by atoms with Crippen LogP contribution in [0.15, 0.2) is 36.4 Å². The monoisotopic (exact) mass is 421 g/mol. The summed E-state index contributed by atoms with van der Waals surface area (Å²) in [5, 5.41) is 15.8. The lowest BCUT2D eigenvalue weighted by Gasteiger charge is -2.16. The number of hydrogen-bond acceptors (Lipinski definition) is 6. The SMILES string of the molecule is CCOc1cc(CNc2nnnn2CC)cc(Cl)c1OCc1ccccc1Cl. The summed E-state index contributed by atoms with van der Waals surface area (Å²) in [7, 11) is 0. The average Bonchev–Trinajstić information content (AvgIpc) is 3.15. The zero-order valence-corrected chi connectivity index (χ0v) is 17.2. The van der Waals surface area contributed by atoms with Gasteiger partial charge in [0.05, 0.1) is 11.6 Å². The van der Waals surface area contributed by atoms with Crippen LogP contribution in [0, 0.1) is 0 Å². The Morgan fingerprint density at radius 2 is 1.89 bits per heavy atom. The van der Waals surface area contributed by atoms with E-state index in [1.165, 1.54) is 0 Å². The third-order valence-electron chi connectivity index (χ3n) is 3.98. The summed E-state index contributed by atoms with van der Waals surface area (Å²) in [5.41, 5.74) is 1.80. The van der Waals surface area contributed by atoms with Crippen LogP contribution in [0.3, 0.4) is 0 Å². The van der Waals surface area contributed by atoms with Gasteiger partial charge in [0.2, 0.25) is 5.95 Å². The molecule has 3 aromatic rings. The first kappa shape index (κ1) is 20.2. The lowest BCUT2D eigenvalue weighted by Crippen LogP contribution is -2.08. The zero-order chi connectivity index (χ0) is 19.9. The number of tetrazole rings is 1. The quantitative estimate of drug-likeness (QED) is 0.544. The minimum absolute atomic E-state index is 0.294. The third kappa shape index (κ3) is 4.85. The van der Waals surface area contributed by atoms with Gasteiger partial charge in [0, 0.05) is 23.7 Å². The smallest absolute Gasteiger partial charge is 0.243 e. The lowest BCUT2D eigenvalue weighted by molar-refractivity contribution is 0.269. The molecule has 0 atom stereocenters. The standard InChI is InChI=1S/C19H21Cl2N5O2/c1-3-26-19(23-24-25-26)22-11-13-9-16(21)18(17(10-13)27-4-2)28-12-14-7-5-6-8-15(14)20/h5-10H,3-4,11-12H2,1-2H3,(H,22,23,25). The maximum absolute atomic E-state index is 6.48. The van der Waals surface area contributed by atoms with E-state index in [0.29, 0.717) is 53.8 Å². The third-order valence-corrected chi connectivity index (χ3v) is 4.63. The van der Waals surface area contributed by atoms with Gasteiger partial charge in [-0.15, -0.1) is 0 Å². The highest BCUT2D eigenvalue weighted by molar-refractivity contribution is 6.32. The number of aromatic nitrogens is 4. The minimum atomic E-state index is 0.294. The number of rotatable bonds is 9. The molecule has 0 saturated carbocycles. The molecule has 1 heterocycles. The second-order valence-corrected chi connectivity index (χ2v) is 6.70. The maximum atomic E-state index is 6.48. The van der Waals surface area contributed by atoms with Crippen molar-refractivity contribution in [3.63, 3.8) is 0 Å². The Morgan fingerprint density at radius 1 is 1.07 bits per heavy atom. The van der Waals surface area contributed by atoms with Crippen LogP contribution in [0.25, 0.3) is 0 Å². The summed E-state index contributed by atoms with van der Waals surface area (Å²) in [6, 6.07) is 11.2. The largest absolute Gasteiger partial charge is 0.490 e. The van der Waals surface area contributed by atoms with Crippen molar-refractivity contribution in [1.82, 2.24) is 20.2 Å². The van der Waals surface area contributed by atoms with E-state index in [4.69, 9.17) is 32.7 Å². The Bertz CT molecular complexity index is 932. The zero-order valence-electron chi connectivity index (χ0n) is 15.7. The Balaban J connectivity index is 1.76. The molecule has 148 valence electrons. The number of hydrogen-bond donors (Lipinski definition) is 1. The molecule has 0 aliphatic heterocycles. The molecule has 28 heavy (non-hydrogen) atoms. The summed E-state index contributed by atoms with van der Waals surface area (Å²) < 4.78 is 13.3.